The Morgan fingerprint density at radius 1 is 1.06 bits per heavy atom. The zero-order valence-electron chi connectivity index (χ0n) is 17.2. The van der Waals surface area contributed by atoms with Gasteiger partial charge in [0.2, 0.25) is 5.91 Å². The van der Waals surface area contributed by atoms with E-state index in [0.29, 0.717) is 23.9 Å². The first-order chi connectivity index (χ1) is 15.1. The van der Waals surface area contributed by atoms with Crippen molar-refractivity contribution in [2.45, 2.75) is 6.54 Å². The fraction of sp³-hybridized carbons (Fsp3) is 0.364. The third-order valence-corrected chi connectivity index (χ3v) is 4.92. The summed E-state index contributed by atoms with van der Waals surface area (Å²) < 4.78 is 11.2. The number of ether oxygens (including phenoxy) is 2. The van der Waals surface area contributed by atoms with Crippen molar-refractivity contribution in [2.24, 2.45) is 0 Å². The molecule has 0 aromatic heterocycles. The molecule has 1 aliphatic heterocycles. The zero-order chi connectivity index (χ0) is 21.9. The second-order valence-electron chi connectivity index (χ2n) is 7.04. The van der Waals surface area contributed by atoms with Gasteiger partial charge < -0.3 is 25.4 Å². The lowest BCUT2D eigenvalue weighted by Gasteiger charge is -2.26. The lowest BCUT2D eigenvalue weighted by atomic mass is 10.2. The highest BCUT2D eigenvalue weighted by Crippen LogP contribution is 2.14. The number of carbonyl (C=O) groups is 2. The van der Waals surface area contributed by atoms with Gasteiger partial charge >= 0.3 is 6.03 Å². The Labute approximate surface area is 186 Å². The minimum absolute atomic E-state index is 0.140. The second-order valence-corrected chi connectivity index (χ2v) is 7.48. The van der Waals surface area contributed by atoms with E-state index in [4.69, 9.17) is 21.1 Å². The van der Waals surface area contributed by atoms with E-state index in [0.717, 1.165) is 44.2 Å². The fourth-order valence-corrected chi connectivity index (χ4v) is 3.13. The summed E-state index contributed by atoms with van der Waals surface area (Å²) in [6.07, 6.45) is 0. The van der Waals surface area contributed by atoms with Crippen molar-refractivity contribution >= 4 is 29.2 Å². The molecule has 0 aliphatic carbocycles. The maximum Gasteiger partial charge on any atom is 0.315 e. The number of hydrogen-bond acceptors (Lipinski definition) is 5. The van der Waals surface area contributed by atoms with E-state index in [1.807, 2.05) is 24.3 Å². The van der Waals surface area contributed by atoms with Crippen LogP contribution in [-0.4, -0.2) is 62.8 Å². The SMILES string of the molecule is O=C(CNC(=O)NCc1cccc(OCCN2CCOCC2)c1)Nc1ccc(Cl)cc1. The number of anilines is 1. The molecule has 166 valence electrons. The lowest BCUT2D eigenvalue weighted by molar-refractivity contribution is -0.115. The molecule has 3 N–H and O–H groups in total. The number of halogens is 1. The maximum absolute atomic E-state index is 12.0. The van der Waals surface area contributed by atoms with Crippen LogP contribution in [0.2, 0.25) is 5.02 Å². The molecular formula is C22H27ClN4O4. The largest absolute Gasteiger partial charge is 0.492 e. The van der Waals surface area contributed by atoms with Crippen LogP contribution in [-0.2, 0) is 16.1 Å². The van der Waals surface area contributed by atoms with Crippen LogP contribution in [0.5, 0.6) is 5.75 Å². The van der Waals surface area contributed by atoms with Gasteiger partial charge in [-0.25, -0.2) is 4.79 Å². The van der Waals surface area contributed by atoms with E-state index in [9.17, 15) is 9.59 Å². The first-order valence-electron chi connectivity index (χ1n) is 10.2. The van der Waals surface area contributed by atoms with Gasteiger partial charge in [-0.2, -0.15) is 0 Å². The van der Waals surface area contributed by atoms with Crippen molar-refractivity contribution in [1.29, 1.82) is 0 Å². The summed E-state index contributed by atoms with van der Waals surface area (Å²) in [5, 5.41) is 8.54. The van der Waals surface area contributed by atoms with Crippen LogP contribution in [0, 0.1) is 0 Å². The van der Waals surface area contributed by atoms with Gasteiger partial charge in [0.15, 0.2) is 0 Å². The third-order valence-electron chi connectivity index (χ3n) is 4.67. The van der Waals surface area contributed by atoms with Crippen LogP contribution < -0.4 is 20.7 Å². The molecule has 0 spiro atoms. The average molecular weight is 447 g/mol. The summed E-state index contributed by atoms with van der Waals surface area (Å²) >= 11 is 5.81. The molecule has 1 saturated heterocycles. The van der Waals surface area contributed by atoms with E-state index in [1.54, 1.807) is 24.3 Å². The molecule has 1 fully saturated rings. The van der Waals surface area contributed by atoms with Gasteiger partial charge in [-0.15, -0.1) is 0 Å². The lowest BCUT2D eigenvalue weighted by Crippen LogP contribution is -2.39. The van der Waals surface area contributed by atoms with Crippen LogP contribution in [0.3, 0.4) is 0 Å². The monoisotopic (exact) mass is 446 g/mol. The fourth-order valence-electron chi connectivity index (χ4n) is 3.01. The number of carbonyl (C=O) groups excluding carboxylic acids is 2. The first kappa shape index (κ1) is 22.9. The summed E-state index contributed by atoms with van der Waals surface area (Å²) in [7, 11) is 0. The van der Waals surface area contributed by atoms with Gasteiger partial charge in [0.25, 0.3) is 0 Å². The number of hydrogen-bond donors (Lipinski definition) is 3. The molecule has 0 unspecified atom stereocenters. The third kappa shape index (κ3) is 8.45. The van der Waals surface area contributed by atoms with Gasteiger partial charge in [-0.1, -0.05) is 23.7 Å². The maximum atomic E-state index is 12.0. The number of nitrogens with one attached hydrogen (secondary N) is 3. The van der Waals surface area contributed by atoms with Crippen molar-refractivity contribution in [1.82, 2.24) is 15.5 Å². The van der Waals surface area contributed by atoms with Crippen molar-refractivity contribution in [3.05, 3.63) is 59.1 Å². The Bertz CT molecular complexity index is 857. The topological polar surface area (TPSA) is 91.9 Å². The Hall–Kier alpha value is -2.81. The summed E-state index contributed by atoms with van der Waals surface area (Å²) in [5.41, 5.74) is 1.52. The van der Waals surface area contributed by atoms with E-state index in [2.05, 4.69) is 20.9 Å². The van der Waals surface area contributed by atoms with Crippen LogP contribution in [0.25, 0.3) is 0 Å². The highest BCUT2D eigenvalue weighted by Gasteiger charge is 2.10. The Balaban J connectivity index is 1.34. The molecule has 0 atom stereocenters. The molecule has 3 amide bonds. The van der Waals surface area contributed by atoms with Crippen molar-refractivity contribution in [3.8, 4) is 5.75 Å². The first-order valence-corrected chi connectivity index (χ1v) is 10.6. The summed E-state index contributed by atoms with van der Waals surface area (Å²) in [4.78, 5) is 26.2. The molecule has 1 aliphatic rings. The smallest absolute Gasteiger partial charge is 0.315 e. The number of nitrogens with zero attached hydrogens (tertiary/aromatic N) is 1. The molecule has 0 saturated carbocycles. The van der Waals surface area contributed by atoms with E-state index < -0.39 is 6.03 Å². The zero-order valence-corrected chi connectivity index (χ0v) is 18.0. The molecule has 0 radical (unpaired) electrons. The van der Waals surface area contributed by atoms with E-state index in [1.165, 1.54) is 0 Å². The summed E-state index contributed by atoms with van der Waals surface area (Å²) in [6, 6.07) is 13.9. The highest BCUT2D eigenvalue weighted by atomic mass is 35.5. The molecule has 9 heteroatoms. The van der Waals surface area contributed by atoms with Gasteiger partial charge in [0.1, 0.15) is 12.4 Å². The second kappa shape index (κ2) is 12.1. The van der Waals surface area contributed by atoms with Gasteiger partial charge in [-0.3, -0.25) is 9.69 Å². The number of benzene rings is 2. The van der Waals surface area contributed by atoms with Crippen LogP contribution in [0.1, 0.15) is 5.56 Å². The average Bonchev–Trinajstić information content (AvgIpc) is 2.79. The number of amides is 3. The summed E-state index contributed by atoms with van der Waals surface area (Å²) in [5.74, 6) is 0.434. The summed E-state index contributed by atoms with van der Waals surface area (Å²) in [6.45, 7) is 5.04. The molecule has 1 heterocycles. The Kier molecular flexibility index (Phi) is 8.96. The quantitative estimate of drug-likeness (QED) is 0.550. The molecular weight excluding hydrogens is 420 g/mol. The standard InChI is InChI=1S/C22H27ClN4O4/c23-18-4-6-19(7-5-18)26-21(28)16-25-22(29)24-15-17-2-1-3-20(14-17)31-13-10-27-8-11-30-12-9-27/h1-7,14H,8-13,15-16H2,(H,26,28)(H2,24,25,29). The van der Waals surface area contributed by atoms with Gasteiger partial charge in [0.05, 0.1) is 19.8 Å². The highest BCUT2D eigenvalue weighted by molar-refractivity contribution is 6.30. The Morgan fingerprint density at radius 3 is 2.61 bits per heavy atom. The molecule has 31 heavy (non-hydrogen) atoms. The van der Waals surface area contributed by atoms with E-state index >= 15 is 0 Å². The van der Waals surface area contributed by atoms with E-state index in [-0.39, 0.29) is 12.5 Å². The number of urea groups is 1. The predicted molar refractivity (Wildman–Crippen MR) is 120 cm³/mol. The molecule has 3 rings (SSSR count). The van der Waals surface area contributed by atoms with Gasteiger partial charge in [-0.05, 0) is 42.0 Å². The van der Waals surface area contributed by atoms with Crippen molar-refractivity contribution in [3.63, 3.8) is 0 Å². The molecule has 2 aromatic rings. The Morgan fingerprint density at radius 2 is 1.84 bits per heavy atom. The number of morpholine rings is 1. The molecule has 8 nitrogen and oxygen atoms in total. The molecule has 0 bridgehead atoms. The minimum Gasteiger partial charge on any atom is -0.492 e. The predicted octanol–water partition coefficient (Wildman–Crippen LogP) is 2.49. The van der Waals surface area contributed by atoms with Crippen LogP contribution in [0.15, 0.2) is 48.5 Å². The normalized spacial score (nSPS) is 14.0. The van der Waals surface area contributed by atoms with Crippen LogP contribution >= 0.6 is 11.6 Å². The van der Waals surface area contributed by atoms with Crippen LogP contribution in [0.4, 0.5) is 10.5 Å². The molecule has 2 aromatic carbocycles. The minimum atomic E-state index is -0.426. The number of rotatable bonds is 9. The van der Waals surface area contributed by atoms with Crippen molar-refractivity contribution < 1.29 is 19.1 Å². The van der Waals surface area contributed by atoms with Gasteiger partial charge in [0, 0.05) is 36.9 Å². The van der Waals surface area contributed by atoms with Crippen molar-refractivity contribution in [2.75, 3.05) is 51.3 Å².